The van der Waals surface area contributed by atoms with Gasteiger partial charge in [0.1, 0.15) is 19.8 Å². The van der Waals surface area contributed by atoms with Gasteiger partial charge in [-0.15, -0.1) is 19.3 Å². The minimum atomic E-state index is -1.08. The minimum absolute atomic E-state index is 0.0298. The molecule has 0 aromatic carbocycles. The Morgan fingerprint density at radius 3 is 1.27 bits per heavy atom. The SMILES string of the molecule is C#CCOCCOCCNC(=O)CCC(CCC(=O)NCCOCCOCC#C)(CCC(=O)NCCOCCOCC#C)NC(=O)C12CCC3(O)CC31CC2. The maximum absolute atomic E-state index is 14.3. The van der Waals surface area contributed by atoms with Crippen molar-refractivity contribution in [2.24, 2.45) is 10.8 Å². The Morgan fingerprint density at radius 2 is 0.945 bits per heavy atom. The summed E-state index contributed by atoms with van der Waals surface area (Å²) < 4.78 is 32.0. The van der Waals surface area contributed by atoms with Gasteiger partial charge < -0.3 is 54.8 Å². The molecule has 1 spiro atoms. The average molecular weight is 773 g/mol. The zero-order valence-corrected chi connectivity index (χ0v) is 32.1. The van der Waals surface area contributed by atoms with Crippen molar-refractivity contribution in [3.05, 3.63) is 0 Å². The number of rotatable bonds is 32. The van der Waals surface area contributed by atoms with E-state index in [4.69, 9.17) is 47.7 Å². The topological polar surface area (TPSA) is 192 Å². The number of ether oxygens (including phenoxy) is 6. The molecular weight excluding hydrogens is 712 g/mol. The van der Waals surface area contributed by atoms with Crippen LogP contribution in [-0.2, 0) is 47.6 Å². The fraction of sp³-hybridized carbons (Fsp3) is 0.750. The van der Waals surface area contributed by atoms with Gasteiger partial charge in [-0.3, -0.25) is 19.2 Å². The van der Waals surface area contributed by atoms with Gasteiger partial charge in [0.15, 0.2) is 0 Å². The molecule has 4 amide bonds. The number of aliphatic hydroxyl groups is 1. The molecule has 0 aliphatic heterocycles. The van der Waals surface area contributed by atoms with Crippen LogP contribution in [0.1, 0.15) is 70.6 Å². The molecule has 3 rings (SSSR count). The normalized spacial score (nSPS) is 21.8. The van der Waals surface area contributed by atoms with E-state index in [9.17, 15) is 24.3 Å². The highest BCUT2D eigenvalue weighted by molar-refractivity contribution is 5.88. The molecule has 15 nitrogen and oxygen atoms in total. The number of hydrogen-bond acceptors (Lipinski definition) is 11. The van der Waals surface area contributed by atoms with Crippen molar-refractivity contribution in [1.29, 1.82) is 0 Å². The lowest BCUT2D eigenvalue weighted by Gasteiger charge is -2.49. The monoisotopic (exact) mass is 772 g/mol. The molecular formula is C40H60N4O11. The number of amides is 4. The molecule has 306 valence electrons. The predicted octanol–water partition coefficient (Wildman–Crippen LogP) is 0.225. The predicted molar refractivity (Wildman–Crippen MR) is 202 cm³/mol. The molecule has 0 radical (unpaired) electrons. The highest BCUT2D eigenvalue weighted by atomic mass is 16.5. The highest BCUT2D eigenvalue weighted by Crippen LogP contribution is 2.84. The molecule has 0 aromatic rings. The van der Waals surface area contributed by atoms with E-state index in [1.807, 2.05) is 0 Å². The third-order valence-corrected chi connectivity index (χ3v) is 10.9. The summed E-state index contributed by atoms with van der Waals surface area (Å²) in [5.74, 6) is 6.17. The van der Waals surface area contributed by atoms with Crippen LogP contribution >= 0.6 is 0 Å². The average Bonchev–Trinajstić information content (AvgIpc) is 3.78. The quantitative estimate of drug-likeness (QED) is 0.0465. The second kappa shape index (κ2) is 24.0. The second-order valence-electron chi connectivity index (χ2n) is 14.3. The Morgan fingerprint density at radius 1 is 0.564 bits per heavy atom. The van der Waals surface area contributed by atoms with E-state index in [0.29, 0.717) is 65.3 Å². The minimum Gasteiger partial charge on any atom is -0.389 e. The van der Waals surface area contributed by atoms with Crippen LogP contribution in [-0.4, -0.2) is 139 Å². The van der Waals surface area contributed by atoms with Gasteiger partial charge in [0.25, 0.3) is 0 Å². The van der Waals surface area contributed by atoms with Crippen molar-refractivity contribution >= 4 is 23.6 Å². The third-order valence-electron chi connectivity index (χ3n) is 10.9. The van der Waals surface area contributed by atoms with Gasteiger partial charge in [0, 0.05) is 49.9 Å². The van der Waals surface area contributed by atoms with Crippen LogP contribution in [0.2, 0.25) is 0 Å². The molecule has 3 aliphatic carbocycles. The molecule has 0 saturated heterocycles. The molecule has 3 fully saturated rings. The van der Waals surface area contributed by atoms with Crippen molar-refractivity contribution in [3.8, 4) is 37.0 Å². The summed E-state index contributed by atoms with van der Waals surface area (Å²) in [6, 6.07) is 0. The first-order chi connectivity index (χ1) is 26.6. The lowest BCUT2D eigenvalue weighted by molar-refractivity contribution is -0.148. The van der Waals surface area contributed by atoms with Crippen LogP contribution in [0.3, 0.4) is 0 Å². The van der Waals surface area contributed by atoms with Gasteiger partial charge in [-0.25, -0.2) is 0 Å². The van der Waals surface area contributed by atoms with Crippen molar-refractivity contribution in [2.45, 2.75) is 81.8 Å². The van der Waals surface area contributed by atoms with Crippen LogP contribution < -0.4 is 21.3 Å². The molecule has 3 aliphatic rings. The van der Waals surface area contributed by atoms with E-state index in [0.717, 1.165) is 6.42 Å². The van der Waals surface area contributed by atoms with Gasteiger partial charge in [-0.2, -0.15) is 0 Å². The molecule has 3 unspecified atom stereocenters. The van der Waals surface area contributed by atoms with E-state index < -0.39 is 22.0 Å². The molecule has 0 heterocycles. The first kappa shape index (κ1) is 45.7. The van der Waals surface area contributed by atoms with Crippen molar-refractivity contribution in [2.75, 3.05) is 98.9 Å². The van der Waals surface area contributed by atoms with E-state index in [-0.39, 0.29) is 121 Å². The number of terminal acetylenes is 3. The molecule has 3 atom stereocenters. The third kappa shape index (κ3) is 14.1. The van der Waals surface area contributed by atoms with Gasteiger partial charge in [-0.1, -0.05) is 17.8 Å². The van der Waals surface area contributed by atoms with Gasteiger partial charge in [-0.05, 0) is 51.4 Å². The fourth-order valence-electron chi connectivity index (χ4n) is 7.76. The summed E-state index contributed by atoms with van der Waals surface area (Å²) in [5, 5.41) is 22.9. The molecule has 15 heteroatoms. The molecule has 0 bridgehead atoms. The van der Waals surface area contributed by atoms with Crippen LogP contribution in [0.4, 0.5) is 0 Å². The Kier molecular flexibility index (Phi) is 20.0. The lowest BCUT2D eigenvalue weighted by atomic mass is 9.56. The zero-order chi connectivity index (χ0) is 39.9. The van der Waals surface area contributed by atoms with Crippen LogP contribution in [0.15, 0.2) is 0 Å². The maximum Gasteiger partial charge on any atom is 0.227 e. The second-order valence-corrected chi connectivity index (χ2v) is 14.3. The van der Waals surface area contributed by atoms with Gasteiger partial charge in [0.2, 0.25) is 23.6 Å². The molecule has 0 aromatic heterocycles. The van der Waals surface area contributed by atoms with E-state index in [2.05, 4.69) is 39.0 Å². The van der Waals surface area contributed by atoms with Gasteiger partial charge in [0.05, 0.1) is 70.5 Å². The summed E-state index contributed by atoms with van der Waals surface area (Å²) in [4.78, 5) is 53.6. The van der Waals surface area contributed by atoms with Crippen molar-refractivity contribution < 1.29 is 52.7 Å². The first-order valence-corrected chi connectivity index (χ1v) is 19.2. The number of hydrogen-bond donors (Lipinski definition) is 5. The Labute approximate surface area is 325 Å². The van der Waals surface area contributed by atoms with E-state index in [1.54, 1.807) is 0 Å². The van der Waals surface area contributed by atoms with Crippen LogP contribution in [0.5, 0.6) is 0 Å². The summed E-state index contributed by atoms with van der Waals surface area (Å²) >= 11 is 0. The van der Waals surface area contributed by atoms with Crippen molar-refractivity contribution in [1.82, 2.24) is 21.3 Å². The summed E-state index contributed by atoms with van der Waals surface area (Å²) in [5.41, 5.74) is -3.02. The first-order valence-electron chi connectivity index (χ1n) is 19.2. The molecule has 3 saturated carbocycles. The van der Waals surface area contributed by atoms with E-state index >= 15 is 0 Å². The Hall–Kier alpha value is -3.72. The van der Waals surface area contributed by atoms with Crippen LogP contribution in [0.25, 0.3) is 0 Å². The Balaban J connectivity index is 1.64. The maximum atomic E-state index is 14.3. The number of nitrogens with one attached hydrogen (secondary N) is 4. The highest BCUT2D eigenvalue weighted by Gasteiger charge is 2.85. The molecule has 5 N–H and O–H groups in total. The Bertz CT molecular complexity index is 1260. The number of carbonyl (C=O) groups is 4. The summed E-state index contributed by atoms with van der Waals surface area (Å²) in [7, 11) is 0. The van der Waals surface area contributed by atoms with Gasteiger partial charge >= 0.3 is 0 Å². The number of carbonyl (C=O) groups excluding carboxylic acids is 4. The summed E-state index contributed by atoms with van der Waals surface area (Å²) in [6.45, 7) is 4.18. The fourth-order valence-corrected chi connectivity index (χ4v) is 7.76. The smallest absolute Gasteiger partial charge is 0.227 e. The molecule has 55 heavy (non-hydrogen) atoms. The van der Waals surface area contributed by atoms with E-state index in [1.165, 1.54) is 0 Å². The lowest BCUT2D eigenvalue weighted by Crippen LogP contribution is -2.60. The zero-order valence-electron chi connectivity index (χ0n) is 32.1. The largest absolute Gasteiger partial charge is 0.389 e. The van der Waals surface area contributed by atoms with Crippen molar-refractivity contribution in [3.63, 3.8) is 0 Å². The standard InChI is InChI=1S/C40H60N4O11/c1-4-20-50-26-29-53-23-17-41-33(45)7-10-37(11-8-34(46)42-18-24-54-30-27-51-21-5-2,12-9-35(47)43-19-25-55-31-28-52-22-6-3)44-36(48)38-13-15-39(38)32-40(39,49)16-14-38/h1-3,49H,7-32H2,(H,41,45)(H,42,46)(H,43,47)(H,44,48). The van der Waals surface area contributed by atoms with Crippen LogP contribution in [0, 0.1) is 47.9 Å². The summed E-state index contributed by atoms with van der Waals surface area (Å²) in [6.07, 6.45) is 19.3.